The molecule has 0 aliphatic heterocycles. The summed E-state index contributed by atoms with van der Waals surface area (Å²) < 4.78 is 1.07. The van der Waals surface area contributed by atoms with Gasteiger partial charge in [0, 0.05) is 10.0 Å². The summed E-state index contributed by atoms with van der Waals surface area (Å²) in [6.07, 6.45) is 0. The van der Waals surface area contributed by atoms with E-state index >= 15 is 0 Å². The molecule has 0 saturated carbocycles. The average molecular weight is 380 g/mol. The Morgan fingerprint density at radius 1 is 1.05 bits per heavy atom. The highest BCUT2D eigenvalue weighted by Gasteiger charge is 2.17. The molecule has 3 rings (SSSR count). The normalized spacial score (nSPS) is 12.3. The van der Waals surface area contributed by atoms with Crippen LogP contribution < -0.4 is 0 Å². The number of alkyl halides is 1. The van der Waals surface area contributed by atoms with E-state index in [1.807, 2.05) is 42.5 Å². The first-order valence-corrected chi connectivity index (χ1v) is 8.49. The molecular weight excluding hydrogens is 368 g/mol. The Bertz CT molecular complexity index is 758. The van der Waals surface area contributed by atoms with Crippen molar-refractivity contribution < 1.29 is 0 Å². The topological polar surface area (TPSA) is 25.8 Å². The summed E-state index contributed by atoms with van der Waals surface area (Å²) in [7, 11) is 0. The lowest BCUT2D eigenvalue weighted by Crippen LogP contribution is -1.91. The van der Waals surface area contributed by atoms with Gasteiger partial charge in [0.15, 0.2) is 0 Å². The molecule has 0 aliphatic rings. The Labute approximate surface area is 140 Å². The number of rotatable bonds is 3. The van der Waals surface area contributed by atoms with Gasteiger partial charge in [0.2, 0.25) is 0 Å². The molecule has 1 unspecified atom stereocenters. The van der Waals surface area contributed by atoms with Gasteiger partial charge in [0.05, 0.1) is 0 Å². The highest BCUT2D eigenvalue weighted by atomic mass is 79.9. The minimum Gasteiger partial charge on any atom is -0.141 e. The van der Waals surface area contributed by atoms with Crippen LogP contribution in [0.3, 0.4) is 0 Å². The van der Waals surface area contributed by atoms with Gasteiger partial charge in [-0.3, -0.25) is 0 Å². The number of hydrogen-bond donors (Lipinski definition) is 0. The Morgan fingerprint density at radius 2 is 1.81 bits per heavy atom. The van der Waals surface area contributed by atoms with E-state index in [9.17, 15) is 0 Å². The number of benzene rings is 2. The van der Waals surface area contributed by atoms with E-state index in [0.29, 0.717) is 0 Å². The first-order chi connectivity index (χ1) is 10.2. The second-order valence-corrected chi connectivity index (χ2v) is 6.93. The third kappa shape index (κ3) is 3.03. The van der Waals surface area contributed by atoms with Crippen LogP contribution in [0.2, 0.25) is 0 Å². The summed E-state index contributed by atoms with van der Waals surface area (Å²) in [6, 6.07) is 16.0. The maximum absolute atomic E-state index is 6.50. The van der Waals surface area contributed by atoms with Crippen LogP contribution in [0.4, 0.5) is 0 Å². The van der Waals surface area contributed by atoms with Gasteiger partial charge in [0.25, 0.3) is 0 Å². The van der Waals surface area contributed by atoms with E-state index in [4.69, 9.17) is 11.6 Å². The van der Waals surface area contributed by atoms with Crippen molar-refractivity contribution in [2.24, 2.45) is 0 Å². The van der Waals surface area contributed by atoms with Crippen LogP contribution in [0.1, 0.15) is 21.5 Å². The minimum absolute atomic E-state index is 0.259. The van der Waals surface area contributed by atoms with Gasteiger partial charge in [0.1, 0.15) is 15.4 Å². The van der Waals surface area contributed by atoms with Crippen molar-refractivity contribution >= 4 is 38.9 Å². The Kier molecular flexibility index (Phi) is 4.38. The maximum atomic E-state index is 6.50. The zero-order valence-electron chi connectivity index (χ0n) is 11.3. The van der Waals surface area contributed by atoms with E-state index in [-0.39, 0.29) is 5.38 Å². The molecule has 106 valence electrons. The molecule has 0 bridgehead atoms. The Hall–Kier alpha value is -1.23. The van der Waals surface area contributed by atoms with E-state index < -0.39 is 0 Å². The third-order valence-corrected chi connectivity index (χ3v) is 5.72. The van der Waals surface area contributed by atoms with Crippen LogP contribution in [-0.4, -0.2) is 10.2 Å². The van der Waals surface area contributed by atoms with Gasteiger partial charge in [-0.1, -0.05) is 69.7 Å². The third-order valence-electron chi connectivity index (χ3n) is 3.25. The summed E-state index contributed by atoms with van der Waals surface area (Å²) in [4.78, 5) is 0. The lowest BCUT2D eigenvalue weighted by atomic mass is 10.1. The standard InChI is InChI=1S/C16H12BrClN2S/c1-10-12(8-5-9-13(10)17)15-19-20-16(21-15)14(18)11-6-3-2-4-7-11/h2-9,14H,1H3. The van der Waals surface area contributed by atoms with Crippen LogP contribution in [0.25, 0.3) is 10.6 Å². The largest absolute Gasteiger partial charge is 0.148 e. The van der Waals surface area contributed by atoms with Gasteiger partial charge < -0.3 is 0 Å². The van der Waals surface area contributed by atoms with Gasteiger partial charge in [-0.25, -0.2) is 0 Å². The monoisotopic (exact) mass is 378 g/mol. The number of aromatic nitrogens is 2. The minimum atomic E-state index is -0.259. The Morgan fingerprint density at radius 3 is 2.57 bits per heavy atom. The first-order valence-electron chi connectivity index (χ1n) is 6.44. The maximum Gasteiger partial charge on any atom is 0.148 e. The molecule has 1 heterocycles. The van der Waals surface area contributed by atoms with E-state index in [0.717, 1.165) is 31.2 Å². The number of nitrogens with zero attached hydrogens (tertiary/aromatic N) is 2. The lowest BCUT2D eigenvalue weighted by Gasteiger charge is -2.05. The zero-order chi connectivity index (χ0) is 14.8. The molecule has 2 nitrogen and oxygen atoms in total. The fraction of sp³-hybridized carbons (Fsp3) is 0.125. The number of hydrogen-bond acceptors (Lipinski definition) is 3. The lowest BCUT2D eigenvalue weighted by molar-refractivity contribution is 0.987. The molecule has 5 heteroatoms. The van der Waals surface area contributed by atoms with Crippen LogP contribution in [0.15, 0.2) is 53.0 Å². The summed E-state index contributed by atoms with van der Waals surface area (Å²) in [6.45, 7) is 2.07. The molecule has 2 aromatic carbocycles. The molecule has 0 N–H and O–H groups in total. The molecular formula is C16H12BrClN2S. The molecule has 1 aromatic heterocycles. The average Bonchev–Trinajstić information content (AvgIpc) is 3.00. The van der Waals surface area contributed by atoms with E-state index in [1.165, 1.54) is 11.3 Å². The Balaban J connectivity index is 1.95. The first kappa shape index (κ1) is 14.7. The van der Waals surface area contributed by atoms with Crippen molar-refractivity contribution in [2.45, 2.75) is 12.3 Å². The predicted molar refractivity (Wildman–Crippen MR) is 91.9 cm³/mol. The molecule has 0 amide bonds. The van der Waals surface area contributed by atoms with Crippen molar-refractivity contribution in [1.82, 2.24) is 10.2 Å². The predicted octanol–water partition coefficient (Wildman–Crippen LogP) is 5.60. The smallest absolute Gasteiger partial charge is 0.141 e. The van der Waals surface area contributed by atoms with Gasteiger partial charge >= 0.3 is 0 Å². The molecule has 0 fully saturated rings. The van der Waals surface area contributed by atoms with E-state index in [2.05, 4.69) is 39.1 Å². The molecule has 0 spiro atoms. The summed E-state index contributed by atoms with van der Waals surface area (Å²) in [5, 5.41) is 10.0. The van der Waals surface area contributed by atoms with Crippen LogP contribution in [-0.2, 0) is 0 Å². The second-order valence-electron chi connectivity index (χ2n) is 4.63. The fourth-order valence-corrected chi connectivity index (χ4v) is 3.67. The summed E-state index contributed by atoms with van der Waals surface area (Å²) in [5.41, 5.74) is 3.28. The highest BCUT2D eigenvalue weighted by molar-refractivity contribution is 9.10. The molecule has 1 atom stereocenters. The fourth-order valence-electron chi connectivity index (χ4n) is 2.05. The molecule has 0 saturated heterocycles. The molecule has 3 aromatic rings. The van der Waals surface area contributed by atoms with Crippen molar-refractivity contribution in [1.29, 1.82) is 0 Å². The highest BCUT2D eigenvalue weighted by Crippen LogP contribution is 2.36. The summed E-state index contributed by atoms with van der Waals surface area (Å²) in [5.74, 6) is 0. The van der Waals surface area contributed by atoms with Crippen molar-refractivity contribution in [3.63, 3.8) is 0 Å². The van der Waals surface area contributed by atoms with E-state index in [1.54, 1.807) is 0 Å². The van der Waals surface area contributed by atoms with Crippen LogP contribution in [0.5, 0.6) is 0 Å². The molecule has 0 aliphatic carbocycles. The molecule has 0 radical (unpaired) electrons. The van der Waals surface area contributed by atoms with Gasteiger partial charge in [-0.2, -0.15) is 0 Å². The van der Waals surface area contributed by atoms with Crippen molar-refractivity contribution in [3.8, 4) is 10.6 Å². The summed E-state index contributed by atoms with van der Waals surface area (Å²) >= 11 is 11.6. The molecule has 21 heavy (non-hydrogen) atoms. The zero-order valence-corrected chi connectivity index (χ0v) is 14.4. The quantitative estimate of drug-likeness (QED) is 0.553. The van der Waals surface area contributed by atoms with Crippen LogP contribution in [0, 0.1) is 6.92 Å². The van der Waals surface area contributed by atoms with Gasteiger partial charge in [-0.05, 0) is 24.1 Å². The second kappa shape index (κ2) is 6.26. The van der Waals surface area contributed by atoms with Crippen LogP contribution >= 0.6 is 38.9 Å². The van der Waals surface area contributed by atoms with Crippen molar-refractivity contribution in [3.05, 3.63) is 69.1 Å². The van der Waals surface area contributed by atoms with Crippen molar-refractivity contribution in [2.75, 3.05) is 0 Å². The van der Waals surface area contributed by atoms with Gasteiger partial charge in [-0.15, -0.1) is 21.8 Å². The number of halogens is 2. The SMILES string of the molecule is Cc1c(Br)cccc1-c1nnc(C(Cl)c2ccccc2)s1.